The van der Waals surface area contributed by atoms with Gasteiger partial charge in [-0.15, -0.1) is 0 Å². The summed E-state index contributed by atoms with van der Waals surface area (Å²) in [5.74, 6) is -1.88. The van der Waals surface area contributed by atoms with Crippen LogP contribution in [-0.4, -0.2) is 20.9 Å². The van der Waals surface area contributed by atoms with E-state index in [-0.39, 0.29) is 11.2 Å². The van der Waals surface area contributed by atoms with Crippen molar-refractivity contribution in [2.45, 2.75) is 31.0 Å². The largest absolute Gasteiger partial charge is 0.323 e. The van der Waals surface area contributed by atoms with Crippen molar-refractivity contribution in [3.05, 3.63) is 81.6 Å². The Morgan fingerprint density at radius 2 is 1.83 bits per heavy atom. The molecule has 0 aliphatic carbocycles. The van der Waals surface area contributed by atoms with Crippen LogP contribution < -0.4 is 10.9 Å². The molecule has 1 amide bonds. The van der Waals surface area contributed by atoms with Crippen LogP contribution in [0, 0.1) is 25.5 Å². The van der Waals surface area contributed by atoms with Crippen LogP contribution in [0.4, 0.5) is 14.5 Å². The van der Waals surface area contributed by atoms with Crippen molar-refractivity contribution in [1.82, 2.24) is 9.78 Å². The van der Waals surface area contributed by atoms with Crippen molar-refractivity contribution in [2.24, 2.45) is 0 Å². The van der Waals surface area contributed by atoms with E-state index in [1.807, 2.05) is 26.0 Å². The van der Waals surface area contributed by atoms with Gasteiger partial charge in [-0.3, -0.25) is 9.59 Å². The van der Waals surface area contributed by atoms with Gasteiger partial charge in [-0.05, 0) is 62.2 Å². The third-order valence-electron chi connectivity index (χ3n) is 4.36. The number of aryl methyl sites for hydroxylation is 2. The quantitative estimate of drug-likeness (QED) is 0.633. The molecular weight excluding hydrogens is 396 g/mol. The first kappa shape index (κ1) is 20.7. The molecule has 1 N–H and O–H groups in total. The molecule has 8 heteroatoms. The van der Waals surface area contributed by atoms with Crippen LogP contribution >= 0.6 is 11.8 Å². The van der Waals surface area contributed by atoms with Crippen molar-refractivity contribution in [3.8, 4) is 5.69 Å². The smallest absolute Gasteiger partial charge is 0.271 e. The molecule has 1 aromatic heterocycles. The minimum Gasteiger partial charge on any atom is -0.323 e. The summed E-state index contributed by atoms with van der Waals surface area (Å²) >= 11 is 1.11. The predicted molar refractivity (Wildman–Crippen MR) is 110 cm³/mol. The molecule has 0 bridgehead atoms. The number of hydrogen-bond acceptors (Lipinski definition) is 4. The van der Waals surface area contributed by atoms with Gasteiger partial charge in [-0.25, -0.2) is 8.78 Å². The molecule has 0 aliphatic rings. The van der Waals surface area contributed by atoms with E-state index in [0.717, 1.165) is 41.1 Å². The number of carbonyl (C=O) groups is 1. The molecule has 29 heavy (non-hydrogen) atoms. The number of halogens is 2. The molecule has 3 rings (SSSR count). The average molecular weight is 415 g/mol. The van der Waals surface area contributed by atoms with Crippen LogP contribution in [0.1, 0.15) is 18.1 Å². The highest BCUT2D eigenvalue weighted by Gasteiger charge is 2.18. The molecule has 150 valence electrons. The highest BCUT2D eigenvalue weighted by molar-refractivity contribution is 8.00. The van der Waals surface area contributed by atoms with Gasteiger partial charge < -0.3 is 5.32 Å². The van der Waals surface area contributed by atoms with Gasteiger partial charge in [0.1, 0.15) is 16.7 Å². The van der Waals surface area contributed by atoms with Gasteiger partial charge in [0.15, 0.2) is 0 Å². The second kappa shape index (κ2) is 8.57. The molecule has 3 aromatic rings. The summed E-state index contributed by atoms with van der Waals surface area (Å²) < 4.78 is 28.3. The lowest BCUT2D eigenvalue weighted by atomic mass is 10.1. The Labute approximate surface area is 170 Å². The Hall–Kier alpha value is -3.00. The minimum absolute atomic E-state index is 0.226. The Morgan fingerprint density at radius 1 is 1.07 bits per heavy atom. The Bertz CT molecular complexity index is 1130. The van der Waals surface area contributed by atoms with Gasteiger partial charge in [-0.1, -0.05) is 17.8 Å². The molecule has 0 aliphatic heterocycles. The number of rotatable bonds is 5. The molecule has 1 atom stereocenters. The summed E-state index contributed by atoms with van der Waals surface area (Å²) in [5.41, 5.74) is 2.23. The van der Waals surface area contributed by atoms with Crippen LogP contribution in [0.2, 0.25) is 0 Å². The summed E-state index contributed by atoms with van der Waals surface area (Å²) in [5, 5.41) is 6.49. The van der Waals surface area contributed by atoms with E-state index in [1.165, 1.54) is 16.8 Å². The first-order valence-corrected chi connectivity index (χ1v) is 9.73. The fourth-order valence-electron chi connectivity index (χ4n) is 2.56. The Balaban J connectivity index is 1.79. The molecule has 0 saturated carbocycles. The zero-order valence-electron chi connectivity index (χ0n) is 16.1. The number of anilines is 1. The lowest BCUT2D eigenvalue weighted by Crippen LogP contribution is -2.24. The van der Waals surface area contributed by atoms with Crippen LogP contribution in [0.25, 0.3) is 5.69 Å². The van der Waals surface area contributed by atoms with Gasteiger partial charge in [0.05, 0.1) is 16.6 Å². The number of aromatic nitrogens is 2. The monoisotopic (exact) mass is 415 g/mol. The Morgan fingerprint density at radius 3 is 2.55 bits per heavy atom. The maximum atomic E-state index is 13.7. The number of carbonyl (C=O) groups excluding carboxylic acids is 1. The minimum atomic E-state index is -0.724. The SMILES string of the molecule is Cc1ccc(-n2nc(S[C@H](C)C(=O)Nc3cc(F)ccc3F)ccc2=O)cc1C. The maximum absolute atomic E-state index is 13.7. The molecule has 2 aromatic carbocycles. The topological polar surface area (TPSA) is 64.0 Å². The average Bonchev–Trinajstić information content (AvgIpc) is 2.68. The van der Waals surface area contributed by atoms with Crippen LogP contribution in [0.15, 0.2) is 58.4 Å². The highest BCUT2D eigenvalue weighted by Crippen LogP contribution is 2.23. The highest BCUT2D eigenvalue weighted by atomic mass is 32.2. The number of benzene rings is 2. The number of thioether (sulfide) groups is 1. The standard InChI is InChI=1S/C21H19F2N3O2S/c1-12-4-6-16(10-13(12)2)26-20(27)9-8-19(25-26)29-14(3)21(28)24-18-11-15(22)5-7-17(18)23/h4-11,14H,1-3H3,(H,24,28)/t14-/m1/s1. The van der Waals surface area contributed by atoms with Crippen molar-refractivity contribution in [2.75, 3.05) is 5.32 Å². The van der Waals surface area contributed by atoms with Gasteiger partial charge in [-0.2, -0.15) is 9.78 Å². The Kier molecular flexibility index (Phi) is 6.12. The molecule has 0 spiro atoms. The first-order chi connectivity index (χ1) is 13.7. The lowest BCUT2D eigenvalue weighted by molar-refractivity contribution is -0.115. The van der Waals surface area contributed by atoms with E-state index >= 15 is 0 Å². The van der Waals surface area contributed by atoms with E-state index in [2.05, 4.69) is 10.4 Å². The summed E-state index contributed by atoms with van der Waals surface area (Å²) in [6.45, 7) is 5.54. The van der Waals surface area contributed by atoms with E-state index in [4.69, 9.17) is 0 Å². The maximum Gasteiger partial charge on any atom is 0.271 e. The van der Waals surface area contributed by atoms with E-state index < -0.39 is 22.8 Å². The predicted octanol–water partition coefficient (Wildman–Crippen LogP) is 4.25. The lowest BCUT2D eigenvalue weighted by Gasteiger charge is -2.13. The number of amides is 1. The summed E-state index contributed by atoms with van der Waals surface area (Å²) in [6.07, 6.45) is 0. The van der Waals surface area contributed by atoms with E-state index in [9.17, 15) is 18.4 Å². The van der Waals surface area contributed by atoms with Crippen LogP contribution in [0.3, 0.4) is 0 Å². The van der Waals surface area contributed by atoms with Crippen molar-refractivity contribution in [3.63, 3.8) is 0 Å². The fraction of sp³-hybridized carbons (Fsp3) is 0.190. The van der Waals surface area contributed by atoms with Crippen LogP contribution in [-0.2, 0) is 4.79 Å². The normalized spacial score (nSPS) is 11.9. The summed E-state index contributed by atoms with van der Waals surface area (Å²) in [4.78, 5) is 24.6. The number of hydrogen-bond donors (Lipinski definition) is 1. The first-order valence-electron chi connectivity index (χ1n) is 8.85. The van der Waals surface area contributed by atoms with Gasteiger partial charge in [0, 0.05) is 12.1 Å². The molecule has 1 heterocycles. The molecule has 5 nitrogen and oxygen atoms in total. The van der Waals surface area contributed by atoms with Crippen molar-refractivity contribution in [1.29, 1.82) is 0 Å². The summed E-state index contributed by atoms with van der Waals surface area (Å²) in [6, 6.07) is 11.3. The van der Waals surface area contributed by atoms with Crippen molar-refractivity contribution >= 4 is 23.4 Å². The molecular formula is C21H19F2N3O2S. The third kappa shape index (κ3) is 4.89. The second-order valence-electron chi connectivity index (χ2n) is 6.56. The number of nitrogens with one attached hydrogen (secondary N) is 1. The van der Waals surface area contributed by atoms with E-state index in [1.54, 1.807) is 13.0 Å². The molecule has 0 saturated heterocycles. The fourth-order valence-corrected chi connectivity index (χ4v) is 3.37. The van der Waals surface area contributed by atoms with Crippen molar-refractivity contribution < 1.29 is 13.6 Å². The summed E-state index contributed by atoms with van der Waals surface area (Å²) in [7, 11) is 0. The zero-order chi connectivity index (χ0) is 21.1. The van der Waals surface area contributed by atoms with Gasteiger partial charge in [0.25, 0.3) is 5.56 Å². The molecule has 0 unspecified atom stereocenters. The van der Waals surface area contributed by atoms with Gasteiger partial charge in [0.2, 0.25) is 5.91 Å². The third-order valence-corrected chi connectivity index (χ3v) is 5.39. The zero-order valence-corrected chi connectivity index (χ0v) is 16.9. The van der Waals surface area contributed by atoms with Gasteiger partial charge >= 0.3 is 0 Å². The molecule has 0 radical (unpaired) electrons. The number of nitrogens with zero attached hydrogens (tertiary/aromatic N) is 2. The van der Waals surface area contributed by atoms with Crippen LogP contribution in [0.5, 0.6) is 0 Å². The molecule has 0 fully saturated rings. The van der Waals surface area contributed by atoms with E-state index in [0.29, 0.717) is 10.7 Å². The second-order valence-corrected chi connectivity index (χ2v) is 7.92.